The summed E-state index contributed by atoms with van der Waals surface area (Å²) in [4.78, 5) is 4.09. The summed E-state index contributed by atoms with van der Waals surface area (Å²) in [6.07, 6.45) is 3.40. The number of nitrogen functional groups attached to an aromatic ring is 1. The molecule has 2 aromatic heterocycles. The van der Waals surface area contributed by atoms with Crippen molar-refractivity contribution in [2.75, 3.05) is 12.5 Å². The third-order valence-electron chi connectivity index (χ3n) is 3.30. The first-order valence-electron chi connectivity index (χ1n) is 6.38. The topological polar surface area (TPSA) is 83.4 Å². The van der Waals surface area contributed by atoms with Gasteiger partial charge in [-0.05, 0) is 29.8 Å². The normalized spacial score (nSPS) is 12.6. The molecule has 104 valence electrons. The Morgan fingerprint density at radius 3 is 2.81 bits per heavy atom. The van der Waals surface area contributed by atoms with Crippen LogP contribution in [0.1, 0.15) is 0 Å². The molecule has 0 unspecified atom stereocenters. The molecule has 0 atom stereocenters. The highest BCUT2D eigenvalue weighted by atomic mass is 16.7. The van der Waals surface area contributed by atoms with E-state index in [0.717, 1.165) is 22.4 Å². The Morgan fingerprint density at radius 2 is 1.95 bits per heavy atom. The van der Waals surface area contributed by atoms with Gasteiger partial charge in [0.25, 0.3) is 0 Å². The number of benzene rings is 1. The van der Waals surface area contributed by atoms with E-state index in [2.05, 4.69) is 10.1 Å². The summed E-state index contributed by atoms with van der Waals surface area (Å²) < 4.78 is 16.1. The Morgan fingerprint density at radius 1 is 1.05 bits per heavy atom. The Hall–Kier alpha value is -3.02. The molecule has 0 saturated heterocycles. The summed E-state index contributed by atoms with van der Waals surface area (Å²) in [5.74, 6) is 2.31. The second-order valence-corrected chi connectivity index (χ2v) is 4.58. The molecular formula is C15H11N3O3. The molecule has 21 heavy (non-hydrogen) atoms. The zero-order valence-corrected chi connectivity index (χ0v) is 10.9. The molecule has 1 aromatic carbocycles. The van der Waals surface area contributed by atoms with E-state index in [9.17, 15) is 0 Å². The SMILES string of the molecule is Nc1noc(-c2cccnc2)c1-c1ccc2c(c1)OCO2. The molecule has 3 heterocycles. The number of pyridine rings is 1. The van der Waals surface area contributed by atoms with Crippen LogP contribution in [0.2, 0.25) is 0 Å². The van der Waals surface area contributed by atoms with Gasteiger partial charge in [-0.25, -0.2) is 0 Å². The predicted molar refractivity (Wildman–Crippen MR) is 75.7 cm³/mol. The minimum absolute atomic E-state index is 0.230. The number of hydrogen-bond acceptors (Lipinski definition) is 6. The molecule has 0 amide bonds. The van der Waals surface area contributed by atoms with E-state index in [1.165, 1.54) is 0 Å². The van der Waals surface area contributed by atoms with E-state index < -0.39 is 0 Å². The van der Waals surface area contributed by atoms with Gasteiger partial charge >= 0.3 is 0 Å². The van der Waals surface area contributed by atoms with Crippen LogP contribution >= 0.6 is 0 Å². The number of hydrogen-bond donors (Lipinski definition) is 1. The van der Waals surface area contributed by atoms with Gasteiger partial charge in [-0.3, -0.25) is 4.98 Å². The molecule has 4 rings (SSSR count). The van der Waals surface area contributed by atoms with Crippen molar-refractivity contribution in [2.24, 2.45) is 0 Å². The van der Waals surface area contributed by atoms with Gasteiger partial charge in [-0.15, -0.1) is 0 Å². The second kappa shape index (κ2) is 4.52. The lowest BCUT2D eigenvalue weighted by Crippen LogP contribution is -1.93. The molecular weight excluding hydrogens is 270 g/mol. The average molecular weight is 281 g/mol. The van der Waals surface area contributed by atoms with Crippen LogP contribution in [0, 0.1) is 0 Å². The largest absolute Gasteiger partial charge is 0.454 e. The highest BCUT2D eigenvalue weighted by Gasteiger charge is 2.21. The molecule has 1 aliphatic rings. The van der Waals surface area contributed by atoms with Crippen LogP contribution < -0.4 is 15.2 Å². The average Bonchev–Trinajstić information content (AvgIpc) is 3.13. The van der Waals surface area contributed by atoms with Crippen LogP contribution in [0.4, 0.5) is 5.82 Å². The van der Waals surface area contributed by atoms with Crippen molar-refractivity contribution in [3.63, 3.8) is 0 Å². The minimum atomic E-state index is 0.230. The molecule has 1 aliphatic heterocycles. The standard InChI is InChI=1S/C15H11N3O3/c16-15-13(9-3-4-11-12(6-9)20-8-19-11)14(21-18-15)10-2-1-5-17-7-10/h1-7H,8H2,(H2,16,18). The molecule has 0 fully saturated rings. The molecule has 0 saturated carbocycles. The van der Waals surface area contributed by atoms with Gasteiger partial charge in [0.2, 0.25) is 6.79 Å². The summed E-state index contributed by atoms with van der Waals surface area (Å²) in [5.41, 5.74) is 8.35. The third-order valence-corrected chi connectivity index (χ3v) is 3.30. The summed E-state index contributed by atoms with van der Waals surface area (Å²) in [5, 5.41) is 3.87. The maximum absolute atomic E-state index is 5.96. The van der Waals surface area contributed by atoms with Crippen molar-refractivity contribution in [3.05, 3.63) is 42.7 Å². The van der Waals surface area contributed by atoms with Gasteiger partial charge in [0, 0.05) is 18.0 Å². The fourth-order valence-corrected chi connectivity index (χ4v) is 2.33. The fraction of sp³-hybridized carbons (Fsp3) is 0.0667. The van der Waals surface area contributed by atoms with Gasteiger partial charge in [0.05, 0.1) is 5.56 Å². The molecule has 0 bridgehead atoms. The molecule has 6 nitrogen and oxygen atoms in total. The Bertz CT molecular complexity index is 799. The molecule has 2 N–H and O–H groups in total. The van der Waals surface area contributed by atoms with E-state index in [1.54, 1.807) is 12.4 Å². The highest BCUT2D eigenvalue weighted by Crippen LogP contribution is 2.41. The number of fused-ring (bicyclic) bond motifs is 1. The van der Waals surface area contributed by atoms with Gasteiger partial charge < -0.3 is 19.7 Å². The molecule has 0 spiro atoms. The summed E-state index contributed by atoms with van der Waals surface area (Å²) in [7, 11) is 0. The van der Waals surface area contributed by atoms with Crippen molar-refractivity contribution < 1.29 is 14.0 Å². The Labute approximate surface area is 120 Å². The van der Waals surface area contributed by atoms with Crippen molar-refractivity contribution in [1.82, 2.24) is 10.1 Å². The zero-order valence-electron chi connectivity index (χ0n) is 10.9. The second-order valence-electron chi connectivity index (χ2n) is 4.58. The Kier molecular flexibility index (Phi) is 2.53. The third kappa shape index (κ3) is 1.88. The first-order valence-corrected chi connectivity index (χ1v) is 6.38. The Balaban J connectivity index is 1.87. The molecule has 3 aromatic rings. The number of anilines is 1. The first-order chi connectivity index (χ1) is 10.3. The van der Waals surface area contributed by atoms with Crippen LogP contribution in [-0.2, 0) is 0 Å². The quantitative estimate of drug-likeness (QED) is 0.777. The van der Waals surface area contributed by atoms with Crippen LogP contribution in [0.25, 0.3) is 22.5 Å². The van der Waals surface area contributed by atoms with E-state index in [4.69, 9.17) is 19.7 Å². The minimum Gasteiger partial charge on any atom is -0.454 e. The van der Waals surface area contributed by atoms with E-state index in [1.807, 2.05) is 30.3 Å². The van der Waals surface area contributed by atoms with Crippen LogP contribution in [-0.4, -0.2) is 16.9 Å². The lowest BCUT2D eigenvalue weighted by Gasteiger charge is -2.04. The number of aromatic nitrogens is 2. The number of nitrogens with two attached hydrogens (primary N) is 1. The number of ether oxygens (including phenoxy) is 2. The van der Waals surface area contributed by atoms with E-state index in [0.29, 0.717) is 17.3 Å². The lowest BCUT2D eigenvalue weighted by molar-refractivity contribution is 0.174. The number of rotatable bonds is 2. The smallest absolute Gasteiger partial charge is 0.231 e. The summed E-state index contributed by atoms with van der Waals surface area (Å²) >= 11 is 0. The van der Waals surface area contributed by atoms with Crippen LogP contribution in [0.5, 0.6) is 11.5 Å². The summed E-state index contributed by atoms with van der Waals surface area (Å²) in [6.45, 7) is 0.230. The molecule has 0 radical (unpaired) electrons. The van der Waals surface area contributed by atoms with E-state index in [-0.39, 0.29) is 6.79 Å². The van der Waals surface area contributed by atoms with Crippen molar-refractivity contribution in [1.29, 1.82) is 0 Å². The number of nitrogens with zero attached hydrogens (tertiary/aromatic N) is 2. The predicted octanol–water partition coefficient (Wildman–Crippen LogP) is 2.71. The summed E-state index contributed by atoms with van der Waals surface area (Å²) in [6, 6.07) is 9.33. The van der Waals surface area contributed by atoms with Crippen molar-refractivity contribution in [2.45, 2.75) is 0 Å². The van der Waals surface area contributed by atoms with E-state index >= 15 is 0 Å². The van der Waals surface area contributed by atoms with Crippen molar-refractivity contribution in [3.8, 4) is 33.9 Å². The van der Waals surface area contributed by atoms with Crippen LogP contribution in [0.15, 0.2) is 47.2 Å². The lowest BCUT2D eigenvalue weighted by atomic mass is 10.0. The van der Waals surface area contributed by atoms with Crippen LogP contribution in [0.3, 0.4) is 0 Å². The van der Waals surface area contributed by atoms with Gasteiger partial charge in [0.15, 0.2) is 23.1 Å². The maximum Gasteiger partial charge on any atom is 0.231 e. The zero-order chi connectivity index (χ0) is 14.2. The first kappa shape index (κ1) is 11.8. The monoisotopic (exact) mass is 281 g/mol. The fourth-order valence-electron chi connectivity index (χ4n) is 2.33. The molecule has 0 aliphatic carbocycles. The highest BCUT2D eigenvalue weighted by molar-refractivity contribution is 5.87. The molecule has 6 heteroatoms. The van der Waals surface area contributed by atoms with Gasteiger partial charge in [-0.2, -0.15) is 0 Å². The van der Waals surface area contributed by atoms with Gasteiger partial charge in [0.1, 0.15) is 0 Å². The maximum atomic E-state index is 5.96. The van der Waals surface area contributed by atoms with Crippen molar-refractivity contribution >= 4 is 5.82 Å². The van der Waals surface area contributed by atoms with Gasteiger partial charge in [-0.1, -0.05) is 11.2 Å².